The summed E-state index contributed by atoms with van der Waals surface area (Å²) < 4.78 is 0. The first kappa shape index (κ1) is 15.8. The smallest absolute Gasteiger partial charge is 0.251 e. The second kappa shape index (κ2) is 7.98. The van der Waals surface area contributed by atoms with Gasteiger partial charge in [0.1, 0.15) is 0 Å². The Morgan fingerprint density at radius 3 is 2.36 bits per heavy atom. The number of anilines is 1. The number of benzene rings is 2. The van der Waals surface area contributed by atoms with E-state index in [2.05, 4.69) is 10.6 Å². The highest BCUT2D eigenvalue weighted by Gasteiger charge is 2.07. The number of amides is 2. The molecular formula is C18H20N2O2. The topological polar surface area (TPSA) is 58.2 Å². The molecule has 0 unspecified atom stereocenters. The lowest BCUT2D eigenvalue weighted by molar-refractivity contribution is -0.116. The number of aryl methyl sites for hydroxylation is 1. The predicted octanol–water partition coefficient (Wildman–Crippen LogP) is 3.01. The summed E-state index contributed by atoms with van der Waals surface area (Å²) in [5, 5.41) is 5.63. The van der Waals surface area contributed by atoms with Crippen molar-refractivity contribution in [3.05, 3.63) is 65.7 Å². The molecule has 0 saturated heterocycles. The molecule has 0 aliphatic rings. The largest absolute Gasteiger partial charge is 0.352 e. The molecule has 0 atom stereocenters. The molecule has 114 valence electrons. The van der Waals surface area contributed by atoms with Gasteiger partial charge in [-0.3, -0.25) is 9.59 Å². The van der Waals surface area contributed by atoms with Crippen LogP contribution in [0.3, 0.4) is 0 Å². The SMILES string of the molecule is CCc1ccccc1NC(=O)CCNC(=O)c1ccccc1. The molecule has 0 radical (unpaired) electrons. The van der Waals surface area contributed by atoms with E-state index in [0.29, 0.717) is 12.1 Å². The van der Waals surface area contributed by atoms with Crippen LogP contribution in [0.2, 0.25) is 0 Å². The summed E-state index contributed by atoms with van der Waals surface area (Å²) in [7, 11) is 0. The van der Waals surface area contributed by atoms with Crippen LogP contribution in [0.15, 0.2) is 54.6 Å². The van der Waals surface area contributed by atoms with Gasteiger partial charge >= 0.3 is 0 Å². The molecule has 2 rings (SSSR count). The molecular weight excluding hydrogens is 276 g/mol. The number of hydrogen-bond donors (Lipinski definition) is 2. The predicted molar refractivity (Wildman–Crippen MR) is 87.8 cm³/mol. The van der Waals surface area contributed by atoms with Crippen molar-refractivity contribution in [3.63, 3.8) is 0 Å². The minimum absolute atomic E-state index is 0.103. The van der Waals surface area contributed by atoms with Crippen molar-refractivity contribution in [3.8, 4) is 0 Å². The average molecular weight is 296 g/mol. The zero-order valence-corrected chi connectivity index (χ0v) is 12.6. The van der Waals surface area contributed by atoms with E-state index < -0.39 is 0 Å². The molecule has 2 aromatic carbocycles. The maximum atomic E-state index is 11.9. The number of carbonyl (C=O) groups is 2. The molecule has 0 saturated carbocycles. The first-order chi connectivity index (χ1) is 10.7. The lowest BCUT2D eigenvalue weighted by Crippen LogP contribution is -2.27. The van der Waals surface area contributed by atoms with Gasteiger partial charge in [0.25, 0.3) is 5.91 Å². The molecule has 0 bridgehead atoms. The highest BCUT2D eigenvalue weighted by molar-refractivity contribution is 5.95. The first-order valence-corrected chi connectivity index (χ1v) is 7.41. The van der Waals surface area contributed by atoms with Gasteiger partial charge in [0.05, 0.1) is 0 Å². The number of rotatable bonds is 6. The lowest BCUT2D eigenvalue weighted by atomic mass is 10.1. The molecule has 2 amide bonds. The van der Waals surface area contributed by atoms with Crippen LogP contribution in [-0.2, 0) is 11.2 Å². The van der Waals surface area contributed by atoms with Crippen LogP contribution in [0.4, 0.5) is 5.69 Å². The van der Waals surface area contributed by atoms with Crippen molar-refractivity contribution in [2.45, 2.75) is 19.8 Å². The van der Waals surface area contributed by atoms with Crippen LogP contribution in [0, 0.1) is 0 Å². The minimum Gasteiger partial charge on any atom is -0.352 e. The molecule has 0 aromatic heterocycles. The monoisotopic (exact) mass is 296 g/mol. The molecule has 22 heavy (non-hydrogen) atoms. The van der Waals surface area contributed by atoms with Crippen molar-refractivity contribution in [2.75, 3.05) is 11.9 Å². The molecule has 0 fully saturated rings. The Morgan fingerprint density at radius 1 is 0.955 bits per heavy atom. The fourth-order valence-electron chi connectivity index (χ4n) is 2.14. The normalized spacial score (nSPS) is 10.0. The number of nitrogens with one attached hydrogen (secondary N) is 2. The number of para-hydroxylation sites is 1. The molecule has 4 nitrogen and oxygen atoms in total. The quantitative estimate of drug-likeness (QED) is 0.861. The number of hydrogen-bond acceptors (Lipinski definition) is 2. The molecule has 0 aliphatic heterocycles. The lowest BCUT2D eigenvalue weighted by Gasteiger charge is -2.10. The van der Waals surface area contributed by atoms with Gasteiger partial charge in [0.2, 0.25) is 5.91 Å². The van der Waals surface area contributed by atoms with Crippen molar-refractivity contribution in [1.82, 2.24) is 5.32 Å². The standard InChI is InChI=1S/C18H20N2O2/c1-2-14-8-6-7-11-16(14)20-17(21)12-13-19-18(22)15-9-4-3-5-10-15/h3-11H,2,12-13H2,1H3,(H,19,22)(H,20,21). The molecule has 4 heteroatoms. The van der Waals surface area contributed by atoms with Crippen molar-refractivity contribution < 1.29 is 9.59 Å². The van der Waals surface area contributed by atoms with Crippen molar-refractivity contribution >= 4 is 17.5 Å². The second-order valence-electron chi connectivity index (χ2n) is 4.93. The summed E-state index contributed by atoms with van der Waals surface area (Å²) in [5.41, 5.74) is 2.53. The Hall–Kier alpha value is -2.62. The highest BCUT2D eigenvalue weighted by atomic mass is 16.2. The van der Waals surface area contributed by atoms with Gasteiger partial charge in [0, 0.05) is 24.2 Å². The van der Waals surface area contributed by atoms with E-state index in [1.807, 2.05) is 49.4 Å². The molecule has 0 aliphatic carbocycles. The third kappa shape index (κ3) is 4.45. The molecule has 0 heterocycles. The zero-order valence-electron chi connectivity index (χ0n) is 12.6. The van der Waals surface area contributed by atoms with E-state index in [-0.39, 0.29) is 18.2 Å². The number of carbonyl (C=O) groups excluding carboxylic acids is 2. The summed E-state index contributed by atoms with van der Waals surface area (Å²) in [6, 6.07) is 16.7. The molecule has 0 spiro atoms. The van der Waals surface area contributed by atoms with Crippen molar-refractivity contribution in [2.24, 2.45) is 0 Å². The third-order valence-electron chi connectivity index (χ3n) is 3.35. The molecule has 2 aromatic rings. The highest BCUT2D eigenvalue weighted by Crippen LogP contribution is 2.15. The van der Waals surface area contributed by atoms with Gasteiger partial charge in [-0.2, -0.15) is 0 Å². The van der Waals surface area contributed by atoms with E-state index in [9.17, 15) is 9.59 Å². The van der Waals surface area contributed by atoms with E-state index >= 15 is 0 Å². The minimum atomic E-state index is -0.164. The Labute approximate surface area is 130 Å². The maximum Gasteiger partial charge on any atom is 0.251 e. The Morgan fingerprint density at radius 2 is 1.64 bits per heavy atom. The van der Waals surface area contributed by atoms with Crippen LogP contribution >= 0.6 is 0 Å². The first-order valence-electron chi connectivity index (χ1n) is 7.41. The van der Waals surface area contributed by atoms with Gasteiger partial charge in [-0.1, -0.05) is 43.3 Å². The fraction of sp³-hybridized carbons (Fsp3) is 0.222. The van der Waals surface area contributed by atoms with Gasteiger partial charge in [-0.25, -0.2) is 0 Å². The summed E-state index contributed by atoms with van der Waals surface area (Å²) in [5.74, 6) is -0.267. The Balaban J connectivity index is 1.80. The van der Waals surface area contributed by atoms with Crippen LogP contribution < -0.4 is 10.6 Å². The third-order valence-corrected chi connectivity index (χ3v) is 3.35. The van der Waals surface area contributed by atoms with Crippen LogP contribution in [-0.4, -0.2) is 18.4 Å². The molecule has 2 N–H and O–H groups in total. The van der Waals surface area contributed by atoms with Gasteiger partial charge in [-0.05, 0) is 30.2 Å². The van der Waals surface area contributed by atoms with Gasteiger partial charge in [0.15, 0.2) is 0 Å². The Kier molecular flexibility index (Phi) is 5.72. The van der Waals surface area contributed by atoms with E-state index in [4.69, 9.17) is 0 Å². The van der Waals surface area contributed by atoms with Gasteiger partial charge < -0.3 is 10.6 Å². The van der Waals surface area contributed by atoms with Crippen LogP contribution in [0.25, 0.3) is 0 Å². The van der Waals surface area contributed by atoms with Crippen molar-refractivity contribution in [1.29, 1.82) is 0 Å². The van der Waals surface area contributed by atoms with Crippen LogP contribution in [0.1, 0.15) is 29.3 Å². The van der Waals surface area contributed by atoms with Crippen LogP contribution in [0.5, 0.6) is 0 Å². The summed E-state index contributed by atoms with van der Waals surface area (Å²) in [6.45, 7) is 2.36. The fourth-order valence-corrected chi connectivity index (χ4v) is 2.14. The van der Waals surface area contributed by atoms with E-state index in [1.54, 1.807) is 12.1 Å². The van der Waals surface area contributed by atoms with Gasteiger partial charge in [-0.15, -0.1) is 0 Å². The van der Waals surface area contributed by atoms with E-state index in [1.165, 1.54) is 0 Å². The van der Waals surface area contributed by atoms with E-state index in [0.717, 1.165) is 17.7 Å². The second-order valence-corrected chi connectivity index (χ2v) is 4.93. The Bertz CT molecular complexity index is 639. The summed E-state index contributed by atoms with van der Waals surface area (Å²) in [4.78, 5) is 23.8. The zero-order chi connectivity index (χ0) is 15.8. The average Bonchev–Trinajstić information content (AvgIpc) is 2.56. The maximum absolute atomic E-state index is 11.9. The summed E-state index contributed by atoms with van der Waals surface area (Å²) >= 11 is 0. The summed E-state index contributed by atoms with van der Waals surface area (Å²) in [6.07, 6.45) is 1.11.